The molecule has 2 heterocycles. The molecule has 11 heteroatoms. The fraction of sp³-hybridized carbons (Fsp3) is 0.346. The van der Waals surface area contributed by atoms with Crippen molar-refractivity contribution in [2.24, 2.45) is 0 Å². The molecule has 2 aromatic carbocycles. The Hall–Kier alpha value is -3.99. The van der Waals surface area contributed by atoms with Gasteiger partial charge in [-0.15, -0.1) is 5.10 Å². The van der Waals surface area contributed by atoms with Crippen molar-refractivity contribution >= 4 is 17.8 Å². The molecule has 1 saturated heterocycles. The zero-order valence-corrected chi connectivity index (χ0v) is 20.9. The van der Waals surface area contributed by atoms with Gasteiger partial charge in [0.2, 0.25) is 11.8 Å². The molecule has 3 amide bonds. The summed E-state index contributed by atoms with van der Waals surface area (Å²) in [7, 11) is 1.54. The van der Waals surface area contributed by atoms with Gasteiger partial charge in [-0.2, -0.15) is 0 Å². The van der Waals surface area contributed by atoms with Crippen LogP contribution < -0.4 is 20.7 Å². The molecule has 9 nitrogen and oxygen atoms in total. The summed E-state index contributed by atoms with van der Waals surface area (Å²) < 4.78 is 34.8. The van der Waals surface area contributed by atoms with Crippen molar-refractivity contribution in [2.75, 3.05) is 38.6 Å². The third kappa shape index (κ3) is 5.88. The number of likely N-dealkylation sites (N-methyl/N-ethyl adjacent to an activating group) is 1. The fourth-order valence-electron chi connectivity index (χ4n) is 4.49. The highest BCUT2D eigenvalue weighted by atomic mass is 19.2. The molecule has 0 spiro atoms. The SMILES string of the molecule is CCOc1nn(-c2ccccc2)c(NC(=O)N[C@@H]2CN(CC(=O)NC)C[C@H]2c2ccc(F)c(F)c2)c1C. The van der Waals surface area contributed by atoms with Crippen molar-refractivity contribution in [1.82, 2.24) is 25.3 Å². The van der Waals surface area contributed by atoms with Crippen LogP contribution in [-0.2, 0) is 4.79 Å². The van der Waals surface area contributed by atoms with E-state index >= 15 is 0 Å². The van der Waals surface area contributed by atoms with Gasteiger partial charge in [-0.3, -0.25) is 15.0 Å². The number of anilines is 1. The van der Waals surface area contributed by atoms with E-state index in [1.807, 2.05) is 42.2 Å². The Labute approximate surface area is 213 Å². The second-order valence-electron chi connectivity index (χ2n) is 8.81. The van der Waals surface area contributed by atoms with E-state index in [2.05, 4.69) is 21.0 Å². The summed E-state index contributed by atoms with van der Waals surface area (Å²) in [5, 5.41) is 12.9. The summed E-state index contributed by atoms with van der Waals surface area (Å²) in [5.74, 6) is -1.60. The van der Waals surface area contributed by atoms with Crippen LogP contribution in [0.2, 0.25) is 0 Å². The van der Waals surface area contributed by atoms with Gasteiger partial charge in [0.1, 0.15) is 5.82 Å². The first-order valence-electron chi connectivity index (χ1n) is 12.0. The van der Waals surface area contributed by atoms with Crippen molar-refractivity contribution in [3.8, 4) is 11.6 Å². The van der Waals surface area contributed by atoms with Crippen LogP contribution in [0.4, 0.5) is 19.4 Å². The highest BCUT2D eigenvalue weighted by molar-refractivity contribution is 5.90. The van der Waals surface area contributed by atoms with E-state index < -0.39 is 23.7 Å². The molecule has 4 rings (SSSR count). The number of aromatic nitrogens is 2. The molecule has 3 aromatic rings. The molecule has 0 saturated carbocycles. The minimum Gasteiger partial charge on any atom is -0.477 e. The van der Waals surface area contributed by atoms with Gasteiger partial charge >= 0.3 is 6.03 Å². The maximum atomic E-state index is 14.0. The third-order valence-electron chi connectivity index (χ3n) is 6.32. The van der Waals surface area contributed by atoms with E-state index in [-0.39, 0.29) is 18.4 Å². The Kier molecular flexibility index (Phi) is 8.02. The normalized spacial score (nSPS) is 17.4. The van der Waals surface area contributed by atoms with Gasteiger partial charge in [0.15, 0.2) is 11.6 Å². The number of carbonyl (C=O) groups is 2. The van der Waals surface area contributed by atoms with Gasteiger partial charge < -0.3 is 15.4 Å². The molecule has 1 fully saturated rings. The van der Waals surface area contributed by atoms with Gasteiger partial charge in [-0.1, -0.05) is 24.3 Å². The molecule has 3 N–H and O–H groups in total. The summed E-state index contributed by atoms with van der Waals surface area (Å²) >= 11 is 0. The number of rotatable bonds is 8. The number of para-hydroxylation sites is 1. The highest BCUT2D eigenvalue weighted by Crippen LogP contribution is 2.30. The van der Waals surface area contributed by atoms with Crippen LogP contribution in [-0.4, -0.2) is 65.9 Å². The van der Waals surface area contributed by atoms with Crippen molar-refractivity contribution in [3.05, 3.63) is 71.3 Å². The Morgan fingerprint density at radius 2 is 1.86 bits per heavy atom. The van der Waals surface area contributed by atoms with Crippen LogP contribution in [0.3, 0.4) is 0 Å². The summed E-state index contributed by atoms with van der Waals surface area (Å²) in [5.41, 5.74) is 1.93. The minimum atomic E-state index is -0.962. The summed E-state index contributed by atoms with van der Waals surface area (Å²) in [6.45, 7) is 4.93. The van der Waals surface area contributed by atoms with Crippen molar-refractivity contribution in [2.45, 2.75) is 25.8 Å². The molecule has 1 aliphatic rings. The first kappa shape index (κ1) is 26.1. The Balaban J connectivity index is 1.58. The molecule has 2 atom stereocenters. The number of ether oxygens (including phenoxy) is 1. The Bertz CT molecular complexity index is 1270. The predicted molar refractivity (Wildman–Crippen MR) is 135 cm³/mol. The Morgan fingerprint density at radius 3 is 2.54 bits per heavy atom. The first-order chi connectivity index (χ1) is 17.8. The lowest BCUT2D eigenvalue weighted by Gasteiger charge is -2.21. The second kappa shape index (κ2) is 11.4. The van der Waals surface area contributed by atoms with Crippen LogP contribution in [0.15, 0.2) is 48.5 Å². The van der Waals surface area contributed by atoms with Gasteiger partial charge in [-0.05, 0) is 43.7 Å². The van der Waals surface area contributed by atoms with E-state index in [0.717, 1.165) is 17.8 Å². The number of halogens is 2. The van der Waals surface area contributed by atoms with Crippen molar-refractivity contribution in [3.63, 3.8) is 0 Å². The standard InChI is InChI=1S/C26H30F2N6O3/c1-4-37-25-16(2)24(34(32-25)18-8-6-5-7-9-18)31-26(36)30-22-14-33(15-23(35)29-3)13-19(22)17-10-11-20(27)21(28)12-17/h5-12,19,22H,4,13-15H2,1-3H3,(H,29,35)(H2,30,31,36)/t19-,22+/m0/s1. The maximum Gasteiger partial charge on any atom is 0.320 e. The average molecular weight is 513 g/mol. The van der Waals surface area contributed by atoms with E-state index in [1.165, 1.54) is 6.07 Å². The molecular weight excluding hydrogens is 482 g/mol. The summed E-state index contributed by atoms with van der Waals surface area (Å²) in [6.07, 6.45) is 0. The lowest BCUT2D eigenvalue weighted by atomic mass is 9.94. The topological polar surface area (TPSA) is 101 Å². The summed E-state index contributed by atoms with van der Waals surface area (Å²) in [4.78, 5) is 27.0. The largest absolute Gasteiger partial charge is 0.477 e. The number of likely N-dealkylation sites (tertiary alicyclic amines) is 1. The molecule has 196 valence electrons. The van der Waals surface area contributed by atoms with Crippen LogP contribution in [0, 0.1) is 18.6 Å². The third-order valence-corrected chi connectivity index (χ3v) is 6.32. The van der Waals surface area contributed by atoms with Gasteiger partial charge in [-0.25, -0.2) is 18.3 Å². The quantitative estimate of drug-likeness (QED) is 0.431. The number of hydrogen-bond acceptors (Lipinski definition) is 5. The molecule has 1 aromatic heterocycles. The zero-order valence-electron chi connectivity index (χ0n) is 20.9. The number of nitrogens with one attached hydrogen (secondary N) is 3. The predicted octanol–water partition coefficient (Wildman–Crippen LogP) is 3.19. The zero-order chi connectivity index (χ0) is 26.5. The van der Waals surface area contributed by atoms with Crippen LogP contribution >= 0.6 is 0 Å². The monoisotopic (exact) mass is 512 g/mol. The van der Waals surface area contributed by atoms with E-state index in [9.17, 15) is 18.4 Å². The van der Waals surface area contributed by atoms with E-state index in [1.54, 1.807) is 18.7 Å². The number of hydrogen-bond donors (Lipinski definition) is 3. The molecule has 1 aliphatic heterocycles. The fourth-order valence-corrected chi connectivity index (χ4v) is 4.49. The molecule has 37 heavy (non-hydrogen) atoms. The molecule has 0 radical (unpaired) electrons. The molecular formula is C26H30F2N6O3. The van der Waals surface area contributed by atoms with E-state index in [4.69, 9.17) is 4.74 Å². The van der Waals surface area contributed by atoms with Crippen molar-refractivity contribution in [1.29, 1.82) is 0 Å². The number of benzene rings is 2. The maximum absolute atomic E-state index is 14.0. The van der Waals surface area contributed by atoms with Crippen LogP contribution in [0.1, 0.15) is 24.0 Å². The summed E-state index contributed by atoms with van der Waals surface area (Å²) in [6, 6.07) is 12.1. The van der Waals surface area contributed by atoms with E-state index in [0.29, 0.717) is 42.5 Å². The van der Waals surface area contributed by atoms with Crippen LogP contribution in [0.5, 0.6) is 5.88 Å². The number of amides is 3. The highest BCUT2D eigenvalue weighted by Gasteiger charge is 2.36. The van der Waals surface area contributed by atoms with Gasteiger partial charge in [0.05, 0.1) is 30.4 Å². The number of nitrogens with zero attached hydrogens (tertiary/aromatic N) is 3. The smallest absolute Gasteiger partial charge is 0.320 e. The number of urea groups is 1. The first-order valence-corrected chi connectivity index (χ1v) is 12.0. The Morgan fingerprint density at radius 1 is 1.11 bits per heavy atom. The van der Waals surface area contributed by atoms with Gasteiger partial charge in [0, 0.05) is 26.1 Å². The van der Waals surface area contributed by atoms with Crippen LogP contribution in [0.25, 0.3) is 5.69 Å². The average Bonchev–Trinajstić information content (AvgIpc) is 3.42. The lowest BCUT2D eigenvalue weighted by molar-refractivity contribution is -0.121. The molecule has 0 bridgehead atoms. The second-order valence-corrected chi connectivity index (χ2v) is 8.81. The molecule has 0 unspecified atom stereocenters. The minimum absolute atomic E-state index is 0.119. The number of carbonyl (C=O) groups excluding carboxylic acids is 2. The molecule has 0 aliphatic carbocycles. The van der Waals surface area contributed by atoms with Crippen molar-refractivity contribution < 1.29 is 23.1 Å². The van der Waals surface area contributed by atoms with Gasteiger partial charge in [0.25, 0.3) is 0 Å². The lowest BCUT2D eigenvalue weighted by Crippen LogP contribution is -2.43.